The standard InChI is InChI=1S/C12H20N2O4S/c1-13-11-3-5-12(6-4-11)19(15,16)14-7-8-18-10-9-17-2/h3-6,13-14H,7-10H2,1-2H3. The van der Waals surface area contributed by atoms with Crippen molar-refractivity contribution >= 4 is 15.7 Å². The first-order valence-corrected chi connectivity index (χ1v) is 7.42. The van der Waals surface area contributed by atoms with E-state index < -0.39 is 10.0 Å². The van der Waals surface area contributed by atoms with E-state index in [9.17, 15) is 8.42 Å². The number of rotatable bonds is 9. The summed E-state index contributed by atoms with van der Waals surface area (Å²) in [5, 5.41) is 2.93. The Morgan fingerprint density at radius 2 is 1.79 bits per heavy atom. The number of anilines is 1. The molecule has 7 heteroatoms. The molecule has 0 unspecified atom stereocenters. The molecular formula is C12H20N2O4S. The minimum absolute atomic E-state index is 0.236. The molecule has 0 saturated carbocycles. The monoisotopic (exact) mass is 288 g/mol. The summed E-state index contributed by atoms with van der Waals surface area (Å²) in [7, 11) is -0.106. The van der Waals surface area contributed by atoms with Gasteiger partial charge in [0.25, 0.3) is 0 Å². The highest BCUT2D eigenvalue weighted by molar-refractivity contribution is 7.89. The Hall–Kier alpha value is -1.15. The van der Waals surface area contributed by atoms with Gasteiger partial charge in [-0.1, -0.05) is 0 Å². The van der Waals surface area contributed by atoms with E-state index in [1.165, 1.54) is 0 Å². The zero-order chi connectivity index (χ0) is 14.1. The van der Waals surface area contributed by atoms with E-state index in [4.69, 9.17) is 9.47 Å². The zero-order valence-electron chi connectivity index (χ0n) is 11.2. The number of hydrogen-bond acceptors (Lipinski definition) is 5. The molecule has 1 aromatic rings. The first-order chi connectivity index (χ1) is 9.10. The van der Waals surface area contributed by atoms with Crippen LogP contribution in [-0.4, -0.2) is 48.9 Å². The Labute approximate surface area is 114 Å². The molecule has 0 fully saturated rings. The van der Waals surface area contributed by atoms with E-state index in [0.29, 0.717) is 19.8 Å². The smallest absolute Gasteiger partial charge is 0.240 e. The number of hydrogen-bond donors (Lipinski definition) is 2. The van der Waals surface area contributed by atoms with Gasteiger partial charge in [-0.25, -0.2) is 13.1 Å². The van der Waals surface area contributed by atoms with E-state index in [2.05, 4.69) is 10.0 Å². The fourth-order valence-corrected chi connectivity index (χ4v) is 2.39. The lowest BCUT2D eigenvalue weighted by Crippen LogP contribution is -2.27. The van der Waals surface area contributed by atoms with Gasteiger partial charge in [0.05, 0.1) is 24.7 Å². The number of nitrogens with one attached hydrogen (secondary N) is 2. The maximum Gasteiger partial charge on any atom is 0.240 e. The maximum absolute atomic E-state index is 11.9. The van der Waals surface area contributed by atoms with Crippen LogP contribution < -0.4 is 10.0 Å². The SMILES string of the molecule is CNc1ccc(S(=O)(=O)NCCOCCOC)cc1. The highest BCUT2D eigenvalue weighted by Gasteiger charge is 2.12. The molecule has 19 heavy (non-hydrogen) atoms. The van der Waals surface area contributed by atoms with E-state index in [1.807, 2.05) is 0 Å². The molecule has 0 bridgehead atoms. The number of benzene rings is 1. The molecule has 0 spiro atoms. The summed E-state index contributed by atoms with van der Waals surface area (Å²) in [4.78, 5) is 0.239. The van der Waals surface area contributed by atoms with Gasteiger partial charge < -0.3 is 14.8 Å². The summed E-state index contributed by atoms with van der Waals surface area (Å²) in [5.74, 6) is 0. The van der Waals surface area contributed by atoms with Gasteiger partial charge >= 0.3 is 0 Å². The molecule has 1 rings (SSSR count). The highest BCUT2D eigenvalue weighted by atomic mass is 32.2. The van der Waals surface area contributed by atoms with E-state index in [-0.39, 0.29) is 11.4 Å². The van der Waals surface area contributed by atoms with Crippen molar-refractivity contribution in [2.45, 2.75) is 4.90 Å². The van der Waals surface area contributed by atoms with E-state index in [0.717, 1.165) is 5.69 Å². The largest absolute Gasteiger partial charge is 0.388 e. The molecule has 0 aliphatic rings. The minimum atomic E-state index is -3.47. The van der Waals surface area contributed by atoms with Gasteiger partial charge in [0.15, 0.2) is 0 Å². The first kappa shape index (κ1) is 15.9. The van der Waals surface area contributed by atoms with Crippen molar-refractivity contribution in [1.29, 1.82) is 0 Å². The Balaban J connectivity index is 2.42. The van der Waals surface area contributed by atoms with Crippen LogP contribution in [0, 0.1) is 0 Å². The quantitative estimate of drug-likeness (QED) is 0.653. The second kappa shape index (κ2) is 8.11. The zero-order valence-corrected chi connectivity index (χ0v) is 12.0. The fraction of sp³-hybridized carbons (Fsp3) is 0.500. The summed E-state index contributed by atoms with van der Waals surface area (Å²) in [6.45, 7) is 1.50. The van der Waals surface area contributed by atoms with Crippen LogP contribution in [0.3, 0.4) is 0 Å². The van der Waals surface area contributed by atoms with Gasteiger partial charge in [0.2, 0.25) is 10.0 Å². The van der Waals surface area contributed by atoms with Crippen LogP contribution in [0.1, 0.15) is 0 Å². The molecule has 0 aliphatic carbocycles. The molecule has 0 radical (unpaired) electrons. The van der Waals surface area contributed by atoms with E-state index in [1.54, 1.807) is 38.4 Å². The Bertz CT molecular complexity index is 459. The van der Waals surface area contributed by atoms with Crippen molar-refractivity contribution in [2.75, 3.05) is 45.8 Å². The average Bonchev–Trinajstić information content (AvgIpc) is 2.43. The Kier molecular flexibility index (Phi) is 6.79. The summed E-state index contributed by atoms with van der Waals surface area (Å²) < 4.78 is 36.3. The molecule has 108 valence electrons. The van der Waals surface area contributed by atoms with Crippen LogP contribution in [-0.2, 0) is 19.5 Å². The van der Waals surface area contributed by atoms with Crippen molar-refractivity contribution in [3.05, 3.63) is 24.3 Å². The number of ether oxygens (including phenoxy) is 2. The summed E-state index contributed by atoms with van der Waals surface area (Å²) >= 11 is 0. The van der Waals surface area contributed by atoms with Crippen molar-refractivity contribution in [1.82, 2.24) is 4.72 Å². The van der Waals surface area contributed by atoms with Crippen LogP contribution in [0.5, 0.6) is 0 Å². The van der Waals surface area contributed by atoms with Gasteiger partial charge in [0, 0.05) is 26.4 Å². The lowest BCUT2D eigenvalue weighted by atomic mass is 10.3. The van der Waals surface area contributed by atoms with Gasteiger partial charge in [-0.15, -0.1) is 0 Å². The molecular weight excluding hydrogens is 268 g/mol. The van der Waals surface area contributed by atoms with Gasteiger partial charge in [-0.3, -0.25) is 0 Å². The molecule has 0 saturated heterocycles. The van der Waals surface area contributed by atoms with Crippen molar-refractivity contribution in [3.63, 3.8) is 0 Å². The topological polar surface area (TPSA) is 76.7 Å². The summed E-state index contributed by atoms with van der Waals surface area (Å²) in [5.41, 5.74) is 0.863. The maximum atomic E-state index is 11.9. The third-order valence-electron chi connectivity index (χ3n) is 2.42. The minimum Gasteiger partial charge on any atom is -0.388 e. The molecule has 1 aromatic carbocycles. The average molecular weight is 288 g/mol. The Morgan fingerprint density at radius 3 is 2.37 bits per heavy atom. The second-order valence-corrected chi connectivity index (χ2v) is 5.54. The number of methoxy groups -OCH3 is 1. The van der Waals surface area contributed by atoms with Crippen molar-refractivity contribution in [2.24, 2.45) is 0 Å². The van der Waals surface area contributed by atoms with Gasteiger partial charge in [-0.2, -0.15) is 0 Å². The molecule has 0 aliphatic heterocycles. The third kappa shape index (κ3) is 5.56. The predicted octanol–water partition coefficient (Wildman–Crippen LogP) is 0.670. The third-order valence-corrected chi connectivity index (χ3v) is 3.90. The van der Waals surface area contributed by atoms with Gasteiger partial charge in [0.1, 0.15) is 0 Å². The van der Waals surface area contributed by atoms with Crippen molar-refractivity contribution in [3.8, 4) is 0 Å². The molecule has 0 aromatic heterocycles. The highest BCUT2D eigenvalue weighted by Crippen LogP contribution is 2.12. The fourth-order valence-electron chi connectivity index (χ4n) is 1.38. The first-order valence-electron chi connectivity index (χ1n) is 5.94. The summed E-state index contributed by atoms with van der Waals surface area (Å²) in [6.07, 6.45) is 0. The van der Waals surface area contributed by atoms with Crippen LogP contribution in [0.2, 0.25) is 0 Å². The molecule has 2 N–H and O–H groups in total. The van der Waals surface area contributed by atoms with Crippen LogP contribution in [0.25, 0.3) is 0 Å². The van der Waals surface area contributed by atoms with E-state index >= 15 is 0 Å². The van der Waals surface area contributed by atoms with Crippen molar-refractivity contribution < 1.29 is 17.9 Å². The molecule has 0 heterocycles. The molecule has 6 nitrogen and oxygen atoms in total. The van der Waals surface area contributed by atoms with Gasteiger partial charge in [-0.05, 0) is 24.3 Å². The van der Waals surface area contributed by atoms with Crippen LogP contribution in [0.4, 0.5) is 5.69 Å². The lowest BCUT2D eigenvalue weighted by molar-refractivity contribution is 0.0736. The van der Waals surface area contributed by atoms with Crippen LogP contribution >= 0.6 is 0 Å². The molecule has 0 atom stereocenters. The normalized spacial score (nSPS) is 11.5. The number of sulfonamides is 1. The van der Waals surface area contributed by atoms with Crippen LogP contribution in [0.15, 0.2) is 29.2 Å². The summed E-state index contributed by atoms with van der Waals surface area (Å²) in [6, 6.07) is 6.53. The molecule has 0 amide bonds. The second-order valence-electron chi connectivity index (χ2n) is 3.78. The predicted molar refractivity (Wildman–Crippen MR) is 73.9 cm³/mol. The Morgan fingerprint density at radius 1 is 1.11 bits per heavy atom. The lowest BCUT2D eigenvalue weighted by Gasteiger charge is -2.08.